The van der Waals surface area contributed by atoms with Crippen molar-refractivity contribution in [2.45, 2.75) is 12.8 Å². The predicted octanol–water partition coefficient (Wildman–Crippen LogP) is 4.08. The van der Waals surface area contributed by atoms with E-state index in [0.29, 0.717) is 27.8 Å². The first-order valence-electron chi connectivity index (χ1n) is 8.11. The van der Waals surface area contributed by atoms with Crippen LogP contribution in [0.1, 0.15) is 12.0 Å². The van der Waals surface area contributed by atoms with Crippen molar-refractivity contribution >= 4 is 50.1 Å². The number of hydrogen-bond donors (Lipinski definition) is 0. The number of methoxy groups -OCH3 is 1. The molecule has 1 fully saturated rings. The van der Waals surface area contributed by atoms with Gasteiger partial charge in [-0.05, 0) is 36.2 Å². The van der Waals surface area contributed by atoms with E-state index >= 15 is 0 Å². The number of nitrogens with zero attached hydrogens (tertiary/aromatic N) is 2. The van der Waals surface area contributed by atoms with Gasteiger partial charge >= 0.3 is 0 Å². The first kappa shape index (κ1) is 17.0. The number of ether oxygens (including phenoxy) is 1. The number of anilines is 1. The summed E-state index contributed by atoms with van der Waals surface area (Å²) in [7, 11) is 1.59. The normalized spacial score (nSPS) is 17.3. The zero-order valence-electron chi connectivity index (χ0n) is 13.9. The maximum absolute atomic E-state index is 12.8. The van der Waals surface area contributed by atoms with Crippen molar-refractivity contribution < 1.29 is 14.3 Å². The predicted molar refractivity (Wildman–Crippen MR) is 102 cm³/mol. The number of halogens is 1. The van der Waals surface area contributed by atoms with Crippen molar-refractivity contribution in [3.05, 3.63) is 53.1 Å². The Morgan fingerprint density at radius 2 is 2.00 bits per heavy atom. The zero-order chi connectivity index (χ0) is 18.3. The Kier molecular flexibility index (Phi) is 4.38. The summed E-state index contributed by atoms with van der Waals surface area (Å²) in [6.07, 6.45) is 0.706. The topological polar surface area (TPSA) is 59.5 Å². The summed E-state index contributed by atoms with van der Waals surface area (Å²) in [6, 6.07) is 12.9. The van der Waals surface area contributed by atoms with Crippen molar-refractivity contribution in [1.82, 2.24) is 4.98 Å². The van der Waals surface area contributed by atoms with Crippen LogP contribution in [0.2, 0.25) is 5.02 Å². The molecule has 4 rings (SSSR count). The molecule has 2 amide bonds. The zero-order valence-corrected chi connectivity index (χ0v) is 15.5. The summed E-state index contributed by atoms with van der Waals surface area (Å²) < 4.78 is 6.10. The Morgan fingerprint density at radius 3 is 2.73 bits per heavy atom. The highest BCUT2D eigenvalue weighted by molar-refractivity contribution is 7.22. The van der Waals surface area contributed by atoms with Crippen molar-refractivity contribution in [2.24, 2.45) is 5.92 Å². The molecule has 1 atom stereocenters. The lowest BCUT2D eigenvalue weighted by atomic mass is 9.98. The maximum atomic E-state index is 12.8. The van der Waals surface area contributed by atoms with Gasteiger partial charge in [-0.3, -0.25) is 9.59 Å². The molecule has 132 valence electrons. The number of hydrogen-bond acceptors (Lipinski definition) is 5. The molecule has 3 aromatic rings. The van der Waals surface area contributed by atoms with Gasteiger partial charge in [0, 0.05) is 17.5 Å². The van der Waals surface area contributed by atoms with Crippen molar-refractivity contribution in [1.29, 1.82) is 0 Å². The molecule has 2 heterocycles. The van der Waals surface area contributed by atoms with Gasteiger partial charge in [-0.2, -0.15) is 0 Å². The summed E-state index contributed by atoms with van der Waals surface area (Å²) in [4.78, 5) is 31.0. The summed E-state index contributed by atoms with van der Waals surface area (Å²) in [5.41, 5.74) is 1.70. The van der Waals surface area contributed by atoms with Gasteiger partial charge in [-0.1, -0.05) is 35.1 Å². The number of amides is 2. The molecule has 1 aliphatic heterocycles. The molecule has 7 heteroatoms. The minimum Gasteiger partial charge on any atom is -0.497 e. The first-order valence-corrected chi connectivity index (χ1v) is 9.30. The Bertz CT molecular complexity index is 1000. The van der Waals surface area contributed by atoms with Crippen LogP contribution >= 0.6 is 22.9 Å². The molecule has 1 saturated heterocycles. The van der Waals surface area contributed by atoms with E-state index in [1.54, 1.807) is 25.3 Å². The number of carbonyl (C=O) groups excluding carboxylic acids is 2. The van der Waals surface area contributed by atoms with E-state index in [4.69, 9.17) is 16.3 Å². The third kappa shape index (κ3) is 3.06. The third-order valence-corrected chi connectivity index (χ3v) is 5.68. The molecule has 1 aliphatic rings. The average Bonchev–Trinajstić information content (AvgIpc) is 3.16. The van der Waals surface area contributed by atoms with Crippen LogP contribution < -0.4 is 9.64 Å². The lowest BCUT2D eigenvalue weighted by molar-refractivity contribution is -0.122. The van der Waals surface area contributed by atoms with Crippen LogP contribution in [0.4, 0.5) is 5.13 Å². The lowest BCUT2D eigenvalue weighted by Crippen LogP contribution is -2.30. The molecule has 0 N–H and O–H groups in total. The van der Waals surface area contributed by atoms with Crippen LogP contribution in [0, 0.1) is 5.92 Å². The molecule has 1 aromatic heterocycles. The fraction of sp³-hybridized carbons (Fsp3) is 0.211. The third-order valence-electron chi connectivity index (χ3n) is 4.41. The van der Waals surface area contributed by atoms with Crippen LogP contribution in [0.25, 0.3) is 10.2 Å². The average molecular weight is 387 g/mol. The molecule has 0 unspecified atom stereocenters. The number of carbonyl (C=O) groups is 2. The monoisotopic (exact) mass is 386 g/mol. The van der Waals surface area contributed by atoms with Gasteiger partial charge in [0.05, 0.1) is 23.2 Å². The fourth-order valence-corrected chi connectivity index (χ4v) is 4.17. The number of imide groups is 1. The highest BCUT2D eigenvalue weighted by Gasteiger charge is 2.40. The quantitative estimate of drug-likeness (QED) is 0.634. The second-order valence-electron chi connectivity index (χ2n) is 6.13. The molecule has 0 radical (unpaired) electrons. The van der Waals surface area contributed by atoms with Crippen LogP contribution in [-0.4, -0.2) is 23.9 Å². The summed E-state index contributed by atoms with van der Waals surface area (Å²) in [6.45, 7) is 0. The second kappa shape index (κ2) is 6.70. The molecule has 0 bridgehead atoms. The number of aromatic nitrogens is 1. The molecule has 26 heavy (non-hydrogen) atoms. The van der Waals surface area contributed by atoms with E-state index in [0.717, 1.165) is 10.3 Å². The summed E-state index contributed by atoms with van der Waals surface area (Å²) in [5.74, 6) is -0.0878. The van der Waals surface area contributed by atoms with E-state index in [9.17, 15) is 9.59 Å². The number of thiazole rings is 1. The number of rotatable bonds is 4. The molecular formula is C19H15ClN2O3S. The Hall–Kier alpha value is -2.44. The van der Waals surface area contributed by atoms with Crippen molar-refractivity contribution in [3.8, 4) is 5.75 Å². The number of benzene rings is 2. The van der Waals surface area contributed by atoms with Crippen molar-refractivity contribution in [2.75, 3.05) is 12.0 Å². The smallest absolute Gasteiger partial charge is 0.239 e. The van der Waals surface area contributed by atoms with E-state index in [1.165, 1.54) is 16.2 Å². The Morgan fingerprint density at radius 1 is 1.23 bits per heavy atom. The summed E-state index contributed by atoms with van der Waals surface area (Å²) in [5, 5.41) is 1.07. The highest BCUT2D eigenvalue weighted by Crippen LogP contribution is 2.35. The van der Waals surface area contributed by atoms with Gasteiger partial charge in [-0.25, -0.2) is 9.88 Å². The van der Waals surface area contributed by atoms with E-state index in [-0.39, 0.29) is 24.2 Å². The fourth-order valence-electron chi connectivity index (χ4n) is 3.08. The van der Waals surface area contributed by atoms with Gasteiger partial charge in [0.15, 0.2) is 5.13 Å². The largest absolute Gasteiger partial charge is 0.497 e. The first-order chi connectivity index (χ1) is 12.5. The van der Waals surface area contributed by atoms with Crippen LogP contribution in [0.15, 0.2) is 42.5 Å². The minimum absolute atomic E-state index is 0.195. The number of fused-ring (bicyclic) bond motifs is 1. The van der Waals surface area contributed by atoms with Gasteiger partial charge in [0.25, 0.3) is 0 Å². The van der Waals surface area contributed by atoms with Gasteiger partial charge in [0.1, 0.15) is 5.75 Å². The SMILES string of the molecule is COc1ccc2sc(N3C(=O)C[C@@H](Cc4ccc(Cl)cc4)C3=O)nc2c1. The van der Waals surface area contributed by atoms with Crippen LogP contribution in [0.3, 0.4) is 0 Å². The van der Waals surface area contributed by atoms with E-state index < -0.39 is 0 Å². The van der Waals surface area contributed by atoms with Crippen LogP contribution in [-0.2, 0) is 16.0 Å². The van der Waals surface area contributed by atoms with E-state index in [2.05, 4.69) is 4.98 Å². The molecule has 5 nitrogen and oxygen atoms in total. The van der Waals surface area contributed by atoms with Gasteiger partial charge in [0.2, 0.25) is 11.8 Å². The minimum atomic E-state index is -0.370. The van der Waals surface area contributed by atoms with Crippen molar-refractivity contribution in [3.63, 3.8) is 0 Å². The van der Waals surface area contributed by atoms with Gasteiger partial charge < -0.3 is 4.74 Å². The molecule has 0 saturated carbocycles. The Labute approximate surface area is 159 Å². The van der Waals surface area contributed by atoms with E-state index in [1.807, 2.05) is 24.3 Å². The Balaban J connectivity index is 1.59. The molecule has 2 aromatic carbocycles. The molecular weight excluding hydrogens is 372 g/mol. The van der Waals surface area contributed by atoms with Gasteiger partial charge in [-0.15, -0.1) is 0 Å². The lowest BCUT2D eigenvalue weighted by Gasteiger charge is -2.11. The summed E-state index contributed by atoms with van der Waals surface area (Å²) >= 11 is 7.23. The molecule has 0 aliphatic carbocycles. The van der Waals surface area contributed by atoms with Crippen LogP contribution in [0.5, 0.6) is 5.75 Å². The standard InChI is InChI=1S/C19H15ClN2O3S/c1-25-14-6-7-16-15(10-14)21-19(26-16)22-17(23)9-12(18(22)24)8-11-2-4-13(20)5-3-11/h2-7,10,12H,8-9H2,1H3/t12-/m1/s1. The highest BCUT2D eigenvalue weighted by atomic mass is 35.5. The second-order valence-corrected chi connectivity index (χ2v) is 7.57. The maximum Gasteiger partial charge on any atom is 0.239 e. The molecule has 0 spiro atoms.